The maximum Gasteiger partial charge on any atom is 0.220 e. The predicted molar refractivity (Wildman–Crippen MR) is 361 cm³/mol. The molecule has 6 saturated carbocycles. The number of rotatable bonds is 10. The molecule has 8 rings (SSSR count). The summed E-state index contributed by atoms with van der Waals surface area (Å²) in [5.74, 6) is 14.5. The molecule has 2 amide bonds. The standard InChI is InChI=1S/C12H24O.C10H19NO.C10H20O.C9H19N.C9H18O.C9H18.C8H15NO.C8H16O/c1-9(2)10-5-7-11(8-6-10)12(3,4)13;1-7(2)8-3-5-9(6-4-8)10(11)12;1-8(2)9-4-6-10(3,11)7-5-9;2*1-7(2)8-3-5-9(10)6-4-8;1-8(2)9-6-4-3-5-7-9;1-6(2)7-3-4-8(10)9-5-7;1-7(2)8-3-5-9-6-4-8/h9-11,13H,5-8H2,1-4H3;7-9H,3-6H2,1-2H3,(H2,11,12);8-9,11H,4-7H2,1-3H3;7-9H,3-6,10H2,1-2H3;7-10H,3-6H2,1-2H3;8-9H,3-7H2,1-2H3;6-7H,3-5H2,1-2H3,(H,9,10);7-8H,3-6H2,1-2H3/t;;;;;;7-;/m......1./s1. The van der Waals surface area contributed by atoms with Crippen molar-refractivity contribution in [1.82, 2.24) is 5.32 Å². The van der Waals surface area contributed by atoms with E-state index in [-0.39, 0.29) is 29.4 Å². The number of piperidine rings is 1. The molecule has 500 valence electrons. The lowest BCUT2D eigenvalue weighted by Crippen LogP contribution is -2.36. The van der Waals surface area contributed by atoms with Crippen LogP contribution in [0.3, 0.4) is 0 Å². The van der Waals surface area contributed by atoms with E-state index in [2.05, 4.69) is 116 Å². The SMILES string of the molecule is CC(C)C1CCC(C(C)(C)O)CC1.CC(C)C1CCC(C(N)=O)CC1.CC(C)C1CCC(C)(O)CC1.CC(C)C1CCC(N)CC1.CC(C)C1CCC(O)CC1.CC(C)C1CCCCC1.CC(C)C1CCOCC1.CC(C)[C@@H]1CCC(=O)NC1. The Kier molecular flexibility index (Phi) is 41.8. The highest BCUT2D eigenvalue weighted by Crippen LogP contribution is 2.39. The van der Waals surface area contributed by atoms with Crippen molar-refractivity contribution in [2.45, 2.75) is 341 Å². The van der Waals surface area contributed by atoms with Gasteiger partial charge in [0.2, 0.25) is 11.8 Å². The molecule has 8 aliphatic rings. The fraction of sp³-hybridized carbons (Fsp3) is 0.973. The molecule has 0 unspecified atom stereocenters. The number of ether oxygens (including phenoxy) is 1. The zero-order valence-electron chi connectivity index (χ0n) is 59.4. The van der Waals surface area contributed by atoms with Crippen LogP contribution in [0.4, 0.5) is 0 Å². The molecule has 0 aromatic carbocycles. The molecule has 0 spiro atoms. The van der Waals surface area contributed by atoms with Crippen molar-refractivity contribution in [3.63, 3.8) is 0 Å². The molecule has 9 nitrogen and oxygen atoms in total. The smallest absolute Gasteiger partial charge is 0.220 e. The zero-order valence-corrected chi connectivity index (χ0v) is 59.4. The molecule has 0 radical (unpaired) electrons. The molecule has 0 aromatic rings. The minimum Gasteiger partial charge on any atom is -0.393 e. The number of carbonyl (C=O) groups is 2. The van der Waals surface area contributed by atoms with Gasteiger partial charge >= 0.3 is 0 Å². The fourth-order valence-corrected chi connectivity index (χ4v) is 14.6. The maximum absolute atomic E-state index is 10.9. The van der Waals surface area contributed by atoms with Crippen molar-refractivity contribution in [2.75, 3.05) is 19.8 Å². The molecule has 9 heteroatoms. The second-order valence-corrected chi connectivity index (χ2v) is 32.3. The first-order chi connectivity index (χ1) is 39.2. The van der Waals surface area contributed by atoms with E-state index < -0.39 is 5.60 Å². The summed E-state index contributed by atoms with van der Waals surface area (Å²) >= 11 is 0. The van der Waals surface area contributed by atoms with Crippen LogP contribution in [0.5, 0.6) is 0 Å². The Balaban J connectivity index is 0.000000481. The topological polar surface area (TPSA) is 168 Å². The van der Waals surface area contributed by atoms with Gasteiger partial charge in [-0.05, 0) is 269 Å². The molecule has 84 heavy (non-hydrogen) atoms. The summed E-state index contributed by atoms with van der Waals surface area (Å²) in [4.78, 5) is 21.6. The first-order valence-corrected chi connectivity index (χ1v) is 36.3. The van der Waals surface area contributed by atoms with Gasteiger partial charge in [-0.25, -0.2) is 0 Å². The van der Waals surface area contributed by atoms with E-state index in [0.717, 1.165) is 154 Å². The second-order valence-electron chi connectivity index (χ2n) is 32.3. The first-order valence-electron chi connectivity index (χ1n) is 36.3. The largest absolute Gasteiger partial charge is 0.393 e. The third-order valence-electron chi connectivity index (χ3n) is 22.4. The summed E-state index contributed by atoms with van der Waals surface area (Å²) in [6.45, 7) is 45.4. The molecular formula is C75H149N3O6. The quantitative estimate of drug-likeness (QED) is 0.127. The second kappa shape index (κ2) is 43.5. The fourth-order valence-electron chi connectivity index (χ4n) is 14.6. The number of hydrogen-bond donors (Lipinski definition) is 6. The summed E-state index contributed by atoms with van der Waals surface area (Å²) in [5.41, 5.74) is 10.2. The first kappa shape index (κ1) is 80.8. The zero-order chi connectivity index (χ0) is 63.7. The lowest BCUT2D eigenvalue weighted by atomic mass is 9.72. The molecule has 2 saturated heterocycles. The maximum atomic E-state index is 10.9. The number of nitrogens with two attached hydrogens (primary N) is 2. The number of primary amides is 1. The number of amides is 2. The van der Waals surface area contributed by atoms with Crippen LogP contribution >= 0.6 is 0 Å². The molecule has 6 aliphatic carbocycles. The molecule has 0 bridgehead atoms. The minimum atomic E-state index is -0.456. The van der Waals surface area contributed by atoms with Crippen molar-refractivity contribution in [3.05, 3.63) is 0 Å². The number of carbonyl (C=O) groups excluding carboxylic acids is 2. The van der Waals surface area contributed by atoms with Gasteiger partial charge in [-0.1, -0.05) is 143 Å². The lowest BCUT2D eigenvalue weighted by Gasteiger charge is -2.37. The Morgan fingerprint density at radius 3 is 1.14 bits per heavy atom. The van der Waals surface area contributed by atoms with Crippen LogP contribution < -0.4 is 16.8 Å². The highest BCUT2D eigenvalue weighted by atomic mass is 16.5. The highest BCUT2D eigenvalue weighted by Gasteiger charge is 2.33. The van der Waals surface area contributed by atoms with Gasteiger partial charge < -0.3 is 36.8 Å². The van der Waals surface area contributed by atoms with E-state index >= 15 is 0 Å². The van der Waals surface area contributed by atoms with Crippen LogP contribution in [0.15, 0.2) is 0 Å². The molecule has 2 heterocycles. The Morgan fingerprint density at radius 2 is 0.821 bits per heavy atom. The molecule has 0 aromatic heterocycles. The van der Waals surface area contributed by atoms with Gasteiger partial charge in [0, 0.05) is 38.1 Å². The summed E-state index contributed by atoms with van der Waals surface area (Å²) in [6.07, 6.45) is 35.4. The molecule has 8 fully saturated rings. The summed E-state index contributed by atoms with van der Waals surface area (Å²) in [7, 11) is 0. The van der Waals surface area contributed by atoms with Gasteiger partial charge in [-0.3, -0.25) is 9.59 Å². The summed E-state index contributed by atoms with van der Waals surface area (Å²) < 4.78 is 5.25. The number of aliphatic hydroxyl groups excluding tert-OH is 1. The highest BCUT2D eigenvalue weighted by molar-refractivity contribution is 5.77. The van der Waals surface area contributed by atoms with Crippen LogP contribution in [-0.4, -0.2) is 70.2 Å². The number of aliphatic hydroxyl groups is 3. The van der Waals surface area contributed by atoms with Crippen LogP contribution in [-0.2, 0) is 14.3 Å². The lowest BCUT2D eigenvalue weighted by molar-refractivity contribution is -0.123. The van der Waals surface area contributed by atoms with E-state index in [9.17, 15) is 24.9 Å². The minimum absolute atomic E-state index is 0.00926. The molecule has 8 N–H and O–H groups in total. The average molecular weight is 1190 g/mol. The van der Waals surface area contributed by atoms with Gasteiger partial charge in [-0.15, -0.1) is 0 Å². The summed E-state index contributed by atoms with van der Waals surface area (Å²) in [6, 6.07) is 0.509. The van der Waals surface area contributed by atoms with Crippen LogP contribution in [0.2, 0.25) is 0 Å². The normalized spacial score (nSPS) is 30.7. The van der Waals surface area contributed by atoms with Gasteiger partial charge in [0.15, 0.2) is 0 Å². The van der Waals surface area contributed by atoms with Gasteiger partial charge in [0.25, 0.3) is 0 Å². The van der Waals surface area contributed by atoms with Gasteiger partial charge in [0.1, 0.15) is 0 Å². The van der Waals surface area contributed by atoms with Crippen molar-refractivity contribution in [1.29, 1.82) is 0 Å². The van der Waals surface area contributed by atoms with E-state index in [1.807, 2.05) is 20.8 Å². The predicted octanol–water partition coefficient (Wildman–Crippen LogP) is 18.6. The third-order valence-corrected chi connectivity index (χ3v) is 22.4. The van der Waals surface area contributed by atoms with Crippen LogP contribution in [0, 0.1) is 107 Å². The van der Waals surface area contributed by atoms with E-state index in [1.54, 1.807) is 0 Å². The van der Waals surface area contributed by atoms with E-state index in [1.165, 1.54) is 135 Å². The Morgan fingerprint density at radius 1 is 0.488 bits per heavy atom. The number of nitrogens with one attached hydrogen (secondary N) is 1. The monoisotopic (exact) mass is 1190 g/mol. The number of hydrogen-bond acceptors (Lipinski definition) is 7. The molecule has 2 aliphatic heterocycles. The Hall–Kier alpha value is -1.26. The van der Waals surface area contributed by atoms with Crippen LogP contribution in [0.1, 0.15) is 318 Å². The summed E-state index contributed by atoms with van der Waals surface area (Å²) in [5, 5.41) is 31.6. The van der Waals surface area contributed by atoms with Gasteiger partial charge in [-0.2, -0.15) is 0 Å². The van der Waals surface area contributed by atoms with Crippen LogP contribution in [0.25, 0.3) is 0 Å². The van der Waals surface area contributed by atoms with Crippen molar-refractivity contribution in [3.8, 4) is 0 Å². The Labute approximate surface area is 523 Å². The molecule has 1 atom stereocenters. The third kappa shape index (κ3) is 36.4. The van der Waals surface area contributed by atoms with E-state index in [4.69, 9.17) is 16.2 Å². The average Bonchev–Trinajstić information content (AvgIpc) is 3.60. The van der Waals surface area contributed by atoms with E-state index in [0.29, 0.717) is 23.8 Å². The molecular weight excluding hydrogens is 1040 g/mol. The van der Waals surface area contributed by atoms with Crippen molar-refractivity contribution in [2.24, 2.45) is 118 Å². The van der Waals surface area contributed by atoms with Gasteiger partial charge in [0.05, 0.1) is 17.3 Å². The van der Waals surface area contributed by atoms with Crippen molar-refractivity contribution >= 4 is 11.8 Å². The Bertz CT molecular complexity index is 1520. The van der Waals surface area contributed by atoms with Crippen molar-refractivity contribution < 1.29 is 29.6 Å².